The van der Waals surface area contributed by atoms with Crippen LogP contribution in [0.2, 0.25) is 0 Å². The third-order valence-corrected chi connectivity index (χ3v) is 4.40. The van der Waals surface area contributed by atoms with Gasteiger partial charge in [0, 0.05) is 17.7 Å². The van der Waals surface area contributed by atoms with Crippen molar-refractivity contribution in [1.29, 1.82) is 0 Å². The van der Waals surface area contributed by atoms with E-state index in [9.17, 15) is 4.79 Å². The van der Waals surface area contributed by atoms with Gasteiger partial charge in [0.15, 0.2) is 0 Å². The van der Waals surface area contributed by atoms with Crippen LogP contribution in [0.15, 0.2) is 53.1 Å². The number of carbonyl (C=O) groups is 1. The van der Waals surface area contributed by atoms with Crippen LogP contribution in [-0.4, -0.2) is 31.0 Å². The van der Waals surface area contributed by atoms with E-state index >= 15 is 0 Å². The Bertz CT molecular complexity index is 1100. The van der Waals surface area contributed by atoms with Gasteiger partial charge in [0.25, 0.3) is 5.91 Å². The van der Waals surface area contributed by atoms with Crippen LogP contribution in [0, 0.1) is 0 Å². The lowest BCUT2D eigenvalue weighted by molar-refractivity contribution is 0.0932. The topological polar surface area (TPSA) is 98.7 Å². The summed E-state index contributed by atoms with van der Waals surface area (Å²) in [6.45, 7) is 4.72. The van der Waals surface area contributed by atoms with Crippen LogP contribution in [0.25, 0.3) is 22.4 Å². The highest BCUT2D eigenvalue weighted by Gasteiger charge is 2.18. The van der Waals surface area contributed by atoms with Gasteiger partial charge in [0.1, 0.15) is 11.6 Å². The van der Waals surface area contributed by atoms with Crippen molar-refractivity contribution >= 4 is 16.9 Å². The fourth-order valence-electron chi connectivity index (χ4n) is 2.95. The maximum Gasteiger partial charge on any atom is 0.251 e. The molecule has 2 heterocycles. The van der Waals surface area contributed by atoms with Gasteiger partial charge in [-0.3, -0.25) is 4.79 Å². The van der Waals surface area contributed by atoms with Gasteiger partial charge in [-0.1, -0.05) is 35.5 Å². The minimum Gasteiger partial charge on any atom is -0.341 e. The number of hydrogen-bond acceptors (Lipinski definition) is 6. The van der Waals surface area contributed by atoms with Crippen molar-refractivity contribution in [2.75, 3.05) is 0 Å². The van der Waals surface area contributed by atoms with E-state index in [-0.39, 0.29) is 5.91 Å². The van der Waals surface area contributed by atoms with E-state index < -0.39 is 6.04 Å². The van der Waals surface area contributed by atoms with Gasteiger partial charge < -0.3 is 9.84 Å². The summed E-state index contributed by atoms with van der Waals surface area (Å²) in [7, 11) is 0. The molecule has 2 aromatic carbocycles. The quantitative estimate of drug-likeness (QED) is 0.554. The molecular formula is C20H20N6O2. The van der Waals surface area contributed by atoms with E-state index in [0.717, 1.165) is 29.6 Å². The molecule has 0 unspecified atom stereocenters. The second-order valence-electron chi connectivity index (χ2n) is 6.53. The van der Waals surface area contributed by atoms with E-state index in [1.54, 1.807) is 19.1 Å². The highest BCUT2D eigenvalue weighted by Crippen LogP contribution is 2.23. The lowest BCUT2D eigenvalue weighted by Crippen LogP contribution is -2.26. The smallest absolute Gasteiger partial charge is 0.251 e. The lowest BCUT2D eigenvalue weighted by Gasteiger charge is -2.09. The van der Waals surface area contributed by atoms with Gasteiger partial charge in [0.05, 0.1) is 5.52 Å². The minimum absolute atomic E-state index is 0.193. The van der Waals surface area contributed by atoms with Crippen molar-refractivity contribution in [3.63, 3.8) is 0 Å². The van der Waals surface area contributed by atoms with Crippen molar-refractivity contribution in [2.45, 2.75) is 32.9 Å². The van der Waals surface area contributed by atoms with Gasteiger partial charge in [-0.05, 0) is 43.7 Å². The van der Waals surface area contributed by atoms with Crippen molar-refractivity contribution in [1.82, 2.24) is 30.5 Å². The molecule has 1 atom stereocenters. The molecule has 0 aliphatic rings. The van der Waals surface area contributed by atoms with Crippen molar-refractivity contribution in [3.05, 3.63) is 60.0 Å². The van der Waals surface area contributed by atoms with Gasteiger partial charge in [0.2, 0.25) is 11.7 Å². The Morgan fingerprint density at radius 1 is 1.21 bits per heavy atom. The number of benzene rings is 2. The summed E-state index contributed by atoms with van der Waals surface area (Å²) < 4.78 is 7.23. The fraction of sp³-hybridized carbons (Fsp3) is 0.250. The first-order valence-corrected chi connectivity index (χ1v) is 9.19. The van der Waals surface area contributed by atoms with E-state index in [1.165, 1.54) is 0 Å². The molecule has 4 aromatic rings. The van der Waals surface area contributed by atoms with Crippen molar-refractivity contribution < 1.29 is 9.32 Å². The highest BCUT2D eigenvalue weighted by atomic mass is 16.5. The van der Waals surface area contributed by atoms with Crippen LogP contribution in [0.4, 0.5) is 0 Å². The van der Waals surface area contributed by atoms with E-state index in [1.807, 2.05) is 41.1 Å². The summed E-state index contributed by atoms with van der Waals surface area (Å²) in [5.74, 6) is 0.596. The average molecular weight is 376 g/mol. The van der Waals surface area contributed by atoms with Crippen molar-refractivity contribution in [2.24, 2.45) is 0 Å². The second-order valence-corrected chi connectivity index (χ2v) is 6.53. The number of amides is 1. The average Bonchev–Trinajstić information content (AvgIpc) is 3.36. The summed E-state index contributed by atoms with van der Waals surface area (Å²) in [5, 5.41) is 15.3. The van der Waals surface area contributed by atoms with Crippen LogP contribution in [0.3, 0.4) is 0 Å². The minimum atomic E-state index is -0.414. The van der Waals surface area contributed by atoms with Crippen LogP contribution in [0.1, 0.15) is 42.6 Å². The predicted octanol–water partition coefficient (Wildman–Crippen LogP) is 3.38. The number of aromatic nitrogens is 5. The number of nitrogens with one attached hydrogen (secondary N) is 1. The standard InChI is InChI=1S/C20H20N6O2/c1-3-11-26-17-10-9-15(12-16(17)23-25-26)18-22-20(28-24-18)13(2)21-19(27)14-7-5-4-6-8-14/h4-10,12-13H,3,11H2,1-2H3,(H,21,27)/t13-/m0/s1. The maximum absolute atomic E-state index is 12.3. The monoisotopic (exact) mass is 376 g/mol. The molecule has 0 aliphatic carbocycles. The second kappa shape index (κ2) is 7.59. The molecule has 0 saturated carbocycles. The summed E-state index contributed by atoms with van der Waals surface area (Å²) in [6, 6.07) is 14.3. The summed E-state index contributed by atoms with van der Waals surface area (Å²) >= 11 is 0. The molecule has 0 radical (unpaired) electrons. The van der Waals surface area contributed by atoms with Gasteiger partial charge in [-0.15, -0.1) is 5.10 Å². The molecule has 28 heavy (non-hydrogen) atoms. The molecule has 8 nitrogen and oxygen atoms in total. The van der Waals surface area contributed by atoms with Gasteiger partial charge >= 0.3 is 0 Å². The molecule has 0 spiro atoms. The molecule has 0 fully saturated rings. The zero-order chi connectivity index (χ0) is 19.5. The number of rotatable bonds is 6. The van der Waals surface area contributed by atoms with E-state index in [2.05, 4.69) is 32.7 Å². The first-order valence-electron chi connectivity index (χ1n) is 9.19. The zero-order valence-electron chi connectivity index (χ0n) is 15.7. The molecule has 1 N–H and O–H groups in total. The van der Waals surface area contributed by atoms with Crippen LogP contribution in [-0.2, 0) is 6.54 Å². The number of hydrogen-bond donors (Lipinski definition) is 1. The maximum atomic E-state index is 12.3. The first-order chi connectivity index (χ1) is 13.7. The fourth-order valence-corrected chi connectivity index (χ4v) is 2.95. The summed E-state index contributed by atoms with van der Waals surface area (Å²) in [6.07, 6.45) is 0.987. The van der Waals surface area contributed by atoms with Gasteiger partial charge in [-0.25, -0.2) is 4.68 Å². The van der Waals surface area contributed by atoms with E-state index in [4.69, 9.17) is 4.52 Å². The Hall–Kier alpha value is -3.55. The molecule has 8 heteroatoms. The molecule has 0 saturated heterocycles. The first kappa shape index (κ1) is 17.8. The summed E-state index contributed by atoms with van der Waals surface area (Å²) in [4.78, 5) is 16.7. The van der Waals surface area contributed by atoms with E-state index in [0.29, 0.717) is 17.3 Å². The van der Waals surface area contributed by atoms with Crippen LogP contribution >= 0.6 is 0 Å². The number of carbonyl (C=O) groups excluding carboxylic acids is 1. The van der Waals surface area contributed by atoms with Crippen LogP contribution in [0.5, 0.6) is 0 Å². The molecule has 0 aliphatic heterocycles. The molecule has 1 amide bonds. The zero-order valence-corrected chi connectivity index (χ0v) is 15.7. The molecule has 4 rings (SSSR count). The third kappa shape index (κ3) is 3.48. The Kier molecular flexibility index (Phi) is 4.84. The molecule has 142 valence electrons. The Balaban J connectivity index is 1.52. The summed E-state index contributed by atoms with van der Waals surface area (Å²) in [5.41, 5.74) is 3.11. The van der Waals surface area contributed by atoms with Gasteiger partial charge in [-0.2, -0.15) is 4.98 Å². The number of aryl methyl sites for hydroxylation is 1. The SMILES string of the molecule is CCCn1nnc2cc(-c3noc([C@H](C)NC(=O)c4ccccc4)n3)ccc21. The molecular weight excluding hydrogens is 356 g/mol. The predicted molar refractivity (Wildman–Crippen MR) is 103 cm³/mol. The van der Waals surface area contributed by atoms with Crippen LogP contribution < -0.4 is 5.32 Å². The third-order valence-electron chi connectivity index (χ3n) is 4.40. The Morgan fingerprint density at radius 3 is 2.82 bits per heavy atom. The number of nitrogens with zero attached hydrogens (tertiary/aromatic N) is 5. The Morgan fingerprint density at radius 2 is 2.04 bits per heavy atom. The Labute approximate surface area is 161 Å². The normalized spacial score (nSPS) is 12.2. The highest BCUT2D eigenvalue weighted by molar-refractivity contribution is 5.94. The molecule has 0 bridgehead atoms. The number of fused-ring (bicyclic) bond motifs is 1. The largest absolute Gasteiger partial charge is 0.341 e. The van der Waals surface area contributed by atoms with Crippen molar-refractivity contribution in [3.8, 4) is 11.4 Å². The lowest BCUT2D eigenvalue weighted by atomic mass is 10.2. The molecule has 2 aromatic heterocycles.